The van der Waals surface area contributed by atoms with Crippen molar-refractivity contribution in [1.82, 2.24) is 4.90 Å². The van der Waals surface area contributed by atoms with Crippen molar-refractivity contribution >= 4 is 38.9 Å². The lowest BCUT2D eigenvalue weighted by atomic mass is 10.2. The van der Waals surface area contributed by atoms with E-state index < -0.39 is 16.1 Å². The fraction of sp³-hybridized carbons (Fsp3) is 0.409. The number of anilines is 2. The molecule has 1 fully saturated rings. The lowest BCUT2D eigenvalue weighted by Crippen LogP contribution is -2.52. The van der Waals surface area contributed by atoms with Crippen LogP contribution in [0.15, 0.2) is 48.5 Å². The minimum atomic E-state index is -3.33. The summed E-state index contributed by atoms with van der Waals surface area (Å²) >= 11 is 6.09. The van der Waals surface area contributed by atoms with Crippen molar-refractivity contribution in [3.05, 3.63) is 53.6 Å². The molecular weight excluding hydrogens is 438 g/mol. The smallest absolute Gasteiger partial charge is 0.263 e. The molecule has 0 radical (unpaired) electrons. The molecule has 3 rings (SSSR count). The number of carbonyl (C=O) groups excluding carboxylic acids is 1. The van der Waals surface area contributed by atoms with E-state index >= 15 is 0 Å². The van der Waals surface area contributed by atoms with Gasteiger partial charge in [0.05, 0.1) is 11.9 Å². The van der Waals surface area contributed by atoms with E-state index in [0.717, 1.165) is 25.0 Å². The van der Waals surface area contributed by atoms with Crippen molar-refractivity contribution in [3.63, 3.8) is 0 Å². The second-order valence-electron chi connectivity index (χ2n) is 7.53. The molecule has 1 heterocycles. The fourth-order valence-corrected chi connectivity index (χ4v) is 4.15. The average molecular weight is 466 g/mol. The van der Waals surface area contributed by atoms with E-state index in [-0.39, 0.29) is 5.91 Å². The largest absolute Gasteiger partial charge is 0.481 e. The molecule has 1 unspecified atom stereocenters. The standard InChI is InChI=1S/C22H28ClN3O4S/c1-4-21(30-20-10-8-18(9-11-20)24(2)31(3,28)29)22(27)26-14-12-25(13-15-26)19-7-5-6-17(23)16-19/h5-11,16,21H,4,12-15H2,1-3H3. The molecule has 168 valence electrons. The van der Waals surface area contributed by atoms with Gasteiger partial charge in [-0.15, -0.1) is 0 Å². The Morgan fingerprint density at radius 1 is 1.13 bits per heavy atom. The highest BCUT2D eigenvalue weighted by atomic mass is 35.5. The molecule has 31 heavy (non-hydrogen) atoms. The number of halogens is 1. The van der Waals surface area contributed by atoms with Gasteiger partial charge in [-0.3, -0.25) is 9.10 Å². The van der Waals surface area contributed by atoms with Gasteiger partial charge in [-0.05, 0) is 48.9 Å². The quantitative estimate of drug-likeness (QED) is 0.627. The number of carbonyl (C=O) groups is 1. The Morgan fingerprint density at radius 3 is 2.32 bits per heavy atom. The summed E-state index contributed by atoms with van der Waals surface area (Å²) in [6.45, 7) is 4.60. The van der Waals surface area contributed by atoms with E-state index in [0.29, 0.717) is 36.0 Å². The predicted octanol–water partition coefficient (Wildman–Crippen LogP) is 3.24. The summed E-state index contributed by atoms with van der Waals surface area (Å²) in [6.07, 6.45) is 1.10. The van der Waals surface area contributed by atoms with Crippen LogP contribution in [0.1, 0.15) is 13.3 Å². The van der Waals surface area contributed by atoms with Gasteiger partial charge in [-0.1, -0.05) is 24.6 Å². The highest BCUT2D eigenvalue weighted by Crippen LogP contribution is 2.23. The van der Waals surface area contributed by atoms with Gasteiger partial charge in [0.15, 0.2) is 6.10 Å². The molecule has 9 heteroatoms. The first-order valence-corrected chi connectivity index (χ1v) is 12.4. The summed E-state index contributed by atoms with van der Waals surface area (Å²) in [4.78, 5) is 17.1. The third kappa shape index (κ3) is 5.83. The van der Waals surface area contributed by atoms with Crippen LogP contribution in [0.5, 0.6) is 5.75 Å². The SMILES string of the molecule is CCC(Oc1ccc(N(C)S(C)(=O)=O)cc1)C(=O)N1CCN(c2cccc(Cl)c2)CC1. The second-order valence-corrected chi connectivity index (χ2v) is 9.98. The number of rotatable bonds is 7. The molecule has 2 aromatic carbocycles. The van der Waals surface area contributed by atoms with Gasteiger partial charge in [0.25, 0.3) is 5.91 Å². The van der Waals surface area contributed by atoms with Crippen LogP contribution in [0.3, 0.4) is 0 Å². The predicted molar refractivity (Wildman–Crippen MR) is 125 cm³/mol. The number of hydrogen-bond acceptors (Lipinski definition) is 5. The number of amides is 1. The molecule has 0 spiro atoms. The zero-order chi connectivity index (χ0) is 22.6. The normalized spacial score (nSPS) is 15.5. The van der Waals surface area contributed by atoms with Crippen molar-refractivity contribution in [2.75, 3.05) is 48.7 Å². The van der Waals surface area contributed by atoms with Crippen molar-refractivity contribution in [2.45, 2.75) is 19.4 Å². The summed E-state index contributed by atoms with van der Waals surface area (Å²) in [5.74, 6) is 0.494. The molecule has 1 aliphatic heterocycles. The zero-order valence-corrected chi connectivity index (χ0v) is 19.6. The van der Waals surface area contributed by atoms with Crippen LogP contribution in [0.2, 0.25) is 5.02 Å². The Morgan fingerprint density at radius 2 is 1.77 bits per heavy atom. The Kier molecular flexibility index (Phi) is 7.33. The van der Waals surface area contributed by atoms with Crippen LogP contribution in [-0.2, 0) is 14.8 Å². The zero-order valence-electron chi connectivity index (χ0n) is 18.0. The molecule has 0 aliphatic carbocycles. The number of piperazine rings is 1. The van der Waals surface area contributed by atoms with Crippen LogP contribution >= 0.6 is 11.6 Å². The summed E-state index contributed by atoms with van der Waals surface area (Å²) in [5, 5.41) is 0.698. The van der Waals surface area contributed by atoms with E-state index in [9.17, 15) is 13.2 Å². The number of benzene rings is 2. The van der Waals surface area contributed by atoms with E-state index in [1.54, 1.807) is 24.3 Å². The van der Waals surface area contributed by atoms with E-state index in [1.807, 2.05) is 36.1 Å². The summed E-state index contributed by atoms with van der Waals surface area (Å²) in [6, 6.07) is 14.4. The van der Waals surface area contributed by atoms with E-state index in [4.69, 9.17) is 16.3 Å². The first-order valence-electron chi connectivity index (χ1n) is 10.2. The van der Waals surface area contributed by atoms with Crippen LogP contribution < -0.4 is 13.9 Å². The minimum Gasteiger partial charge on any atom is -0.481 e. The third-order valence-corrected chi connectivity index (χ3v) is 6.83. The van der Waals surface area contributed by atoms with Gasteiger partial charge in [-0.2, -0.15) is 0 Å². The van der Waals surface area contributed by atoms with Gasteiger partial charge in [0.1, 0.15) is 5.75 Å². The minimum absolute atomic E-state index is 0.0365. The van der Waals surface area contributed by atoms with E-state index in [2.05, 4.69) is 4.90 Å². The Hall–Kier alpha value is -2.45. The third-order valence-electron chi connectivity index (χ3n) is 5.39. The van der Waals surface area contributed by atoms with Gasteiger partial charge >= 0.3 is 0 Å². The van der Waals surface area contributed by atoms with Gasteiger partial charge in [-0.25, -0.2) is 8.42 Å². The lowest BCUT2D eigenvalue weighted by molar-refractivity contribution is -0.139. The van der Waals surface area contributed by atoms with Crippen LogP contribution in [0.25, 0.3) is 0 Å². The lowest BCUT2D eigenvalue weighted by Gasteiger charge is -2.37. The first-order chi connectivity index (χ1) is 14.7. The number of ether oxygens (including phenoxy) is 1. The van der Waals surface area contributed by atoms with Crippen molar-refractivity contribution in [2.24, 2.45) is 0 Å². The van der Waals surface area contributed by atoms with Crippen LogP contribution in [0, 0.1) is 0 Å². The summed E-state index contributed by atoms with van der Waals surface area (Å²) < 4.78 is 30.5. The molecule has 0 saturated carbocycles. The molecular formula is C22H28ClN3O4S. The Labute approximate surface area is 189 Å². The van der Waals surface area contributed by atoms with Crippen molar-refractivity contribution in [3.8, 4) is 5.75 Å². The van der Waals surface area contributed by atoms with Crippen LogP contribution in [-0.4, -0.2) is 64.8 Å². The molecule has 1 aliphatic rings. The molecule has 0 bridgehead atoms. The van der Waals surface area contributed by atoms with E-state index in [1.165, 1.54) is 11.4 Å². The Bertz CT molecular complexity index is 1010. The highest BCUT2D eigenvalue weighted by molar-refractivity contribution is 7.92. The van der Waals surface area contributed by atoms with Gasteiger partial charge in [0, 0.05) is 43.9 Å². The molecule has 0 aromatic heterocycles. The summed E-state index contributed by atoms with van der Waals surface area (Å²) in [7, 11) is -1.84. The van der Waals surface area contributed by atoms with Gasteiger partial charge in [0.2, 0.25) is 10.0 Å². The maximum atomic E-state index is 13.0. The molecule has 0 N–H and O–H groups in total. The first kappa shape index (κ1) is 23.2. The average Bonchev–Trinajstić information content (AvgIpc) is 2.76. The van der Waals surface area contributed by atoms with Crippen LogP contribution in [0.4, 0.5) is 11.4 Å². The van der Waals surface area contributed by atoms with Gasteiger partial charge < -0.3 is 14.5 Å². The Balaban J connectivity index is 1.59. The number of hydrogen-bond donors (Lipinski definition) is 0. The highest BCUT2D eigenvalue weighted by Gasteiger charge is 2.28. The van der Waals surface area contributed by atoms with Crippen molar-refractivity contribution in [1.29, 1.82) is 0 Å². The molecule has 1 saturated heterocycles. The molecule has 2 aromatic rings. The second kappa shape index (κ2) is 9.78. The topological polar surface area (TPSA) is 70.2 Å². The number of sulfonamides is 1. The monoisotopic (exact) mass is 465 g/mol. The fourth-order valence-electron chi connectivity index (χ4n) is 3.46. The maximum absolute atomic E-state index is 13.0. The molecule has 1 atom stereocenters. The number of nitrogens with zero attached hydrogens (tertiary/aromatic N) is 3. The molecule has 1 amide bonds. The maximum Gasteiger partial charge on any atom is 0.263 e. The van der Waals surface area contributed by atoms with Crippen molar-refractivity contribution < 1.29 is 17.9 Å². The molecule has 7 nitrogen and oxygen atoms in total. The summed E-state index contributed by atoms with van der Waals surface area (Å²) in [5.41, 5.74) is 1.59.